The smallest absolute Gasteiger partial charge is 0.190 e. The van der Waals surface area contributed by atoms with E-state index >= 15 is 0 Å². The zero-order valence-electron chi connectivity index (χ0n) is 21.7. The van der Waals surface area contributed by atoms with Crippen molar-refractivity contribution in [2.45, 2.75) is 0 Å². The van der Waals surface area contributed by atoms with Crippen LogP contribution in [0, 0.1) is 17.9 Å². The molecular formula is C36H20N4S. The predicted octanol–water partition coefficient (Wildman–Crippen LogP) is 9.93. The minimum atomic E-state index is 0.583. The minimum Gasteiger partial charge on any atom is -0.259 e. The number of benzene rings is 4. The van der Waals surface area contributed by atoms with E-state index in [1.165, 1.54) is 20.2 Å². The molecule has 0 amide bonds. The minimum absolute atomic E-state index is 0.583. The molecule has 0 N–H and O–H groups in total. The van der Waals surface area contributed by atoms with Crippen LogP contribution in [0.25, 0.3) is 69.8 Å². The molecule has 41 heavy (non-hydrogen) atoms. The van der Waals surface area contributed by atoms with Crippen LogP contribution in [-0.2, 0) is 0 Å². The maximum Gasteiger partial charge on any atom is 0.190 e. The summed E-state index contributed by atoms with van der Waals surface area (Å²) in [5, 5.41) is 11.7. The molecule has 5 heteroatoms. The van der Waals surface area contributed by atoms with Gasteiger partial charge in [-0.15, -0.1) is 11.3 Å². The summed E-state index contributed by atoms with van der Waals surface area (Å²) in [6.07, 6.45) is 3.37. The van der Waals surface area contributed by atoms with Crippen LogP contribution >= 0.6 is 11.3 Å². The molecule has 0 atom stereocenters. The summed E-state index contributed by atoms with van der Waals surface area (Å²) in [7, 11) is 0. The highest BCUT2D eigenvalue weighted by Crippen LogP contribution is 2.39. The van der Waals surface area contributed by atoms with Crippen LogP contribution < -0.4 is 0 Å². The van der Waals surface area contributed by atoms with Crippen LogP contribution in [0.4, 0.5) is 5.69 Å². The summed E-state index contributed by atoms with van der Waals surface area (Å²) >= 11 is 1.80. The zero-order chi connectivity index (χ0) is 27.8. The highest BCUT2D eigenvalue weighted by molar-refractivity contribution is 7.25. The van der Waals surface area contributed by atoms with Crippen LogP contribution in [0.2, 0.25) is 0 Å². The molecule has 4 aromatic carbocycles. The van der Waals surface area contributed by atoms with E-state index in [-0.39, 0.29) is 0 Å². The lowest BCUT2D eigenvalue weighted by Gasteiger charge is -2.07. The lowest BCUT2D eigenvalue weighted by molar-refractivity contribution is 1.31. The van der Waals surface area contributed by atoms with Crippen LogP contribution in [0.15, 0.2) is 122 Å². The van der Waals surface area contributed by atoms with Gasteiger partial charge in [-0.1, -0.05) is 48.5 Å². The van der Waals surface area contributed by atoms with Crippen molar-refractivity contribution in [3.8, 4) is 50.8 Å². The molecular weight excluding hydrogens is 520 g/mol. The highest BCUT2D eigenvalue weighted by atomic mass is 32.1. The van der Waals surface area contributed by atoms with Gasteiger partial charge in [-0.3, -0.25) is 9.97 Å². The van der Waals surface area contributed by atoms with Gasteiger partial charge in [0.15, 0.2) is 5.69 Å². The van der Waals surface area contributed by atoms with E-state index in [2.05, 4.69) is 81.5 Å². The molecule has 4 nitrogen and oxygen atoms in total. The van der Waals surface area contributed by atoms with Crippen molar-refractivity contribution in [2.24, 2.45) is 0 Å². The Bertz CT molecular complexity index is 2040. The van der Waals surface area contributed by atoms with Gasteiger partial charge in [0, 0.05) is 38.1 Å². The number of hydrogen-bond acceptors (Lipinski definition) is 4. The van der Waals surface area contributed by atoms with Crippen molar-refractivity contribution in [3.05, 3.63) is 139 Å². The Balaban J connectivity index is 1.29. The number of hydrogen-bond donors (Lipinski definition) is 0. The first-order valence-electron chi connectivity index (χ1n) is 13.1. The van der Waals surface area contributed by atoms with E-state index in [0.717, 1.165) is 44.8 Å². The summed E-state index contributed by atoms with van der Waals surface area (Å²) < 4.78 is 2.49. The second-order valence-electron chi connectivity index (χ2n) is 9.74. The molecule has 0 fully saturated rings. The number of nitriles is 1. The van der Waals surface area contributed by atoms with Crippen molar-refractivity contribution >= 4 is 37.2 Å². The number of pyridine rings is 2. The first-order chi connectivity index (χ1) is 20.2. The summed E-state index contributed by atoms with van der Waals surface area (Å²) in [6, 6.07) is 39.2. The second-order valence-corrected chi connectivity index (χ2v) is 10.8. The van der Waals surface area contributed by atoms with E-state index in [1.807, 2.05) is 36.4 Å². The van der Waals surface area contributed by atoms with Gasteiger partial charge >= 0.3 is 0 Å². The fourth-order valence-electron chi connectivity index (χ4n) is 5.16. The Labute approximate surface area is 241 Å². The van der Waals surface area contributed by atoms with Crippen molar-refractivity contribution in [2.75, 3.05) is 0 Å². The predicted molar refractivity (Wildman–Crippen MR) is 168 cm³/mol. The third-order valence-corrected chi connectivity index (χ3v) is 8.37. The van der Waals surface area contributed by atoms with E-state index in [4.69, 9.17) is 6.57 Å². The summed E-state index contributed by atoms with van der Waals surface area (Å²) in [5.74, 6) is 0. The van der Waals surface area contributed by atoms with Gasteiger partial charge in [0.25, 0.3) is 0 Å². The summed E-state index contributed by atoms with van der Waals surface area (Å²) in [6.45, 7) is 7.33. The number of aromatic nitrogens is 2. The molecule has 0 radical (unpaired) electrons. The summed E-state index contributed by atoms with van der Waals surface area (Å²) in [4.78, 5) is 12.5. The van der Waals surface area contributed by atoms with E-state index in [1.54, 1.807) is 35.9 Å². The molecule has 7 rings (SSSR count). The Kier molecular flexibility index (Phi) is 6.06. The molecule has 0 aliphatic carbocycles. The van der Waals surface area contributed by atoms with Crippen molar-refractivity contribution in [1.29, 1.82) is 5.26 Å². The zero-order valence-corrected chi connectivity index (χ0v) is 22.6. The van der Waals surface area contributed by atoms with Gasteiger partial charge in [0.05, 0.1) is 29.6 Å². The average Bonchev–Trinajstić information content (AvgIpc) is 3.42. The Hall–Kier alpha value is -5.62. The molecule has 0 unspecified atom stereocenters. The van der Waals surface area contributed by atoms with Crippen LogP contribution in [0.5, 0.6) is 0 Å². The Morgan fingerprint density at radius 3 is 1.71 bits per heavy atom. The third kappa shape index (κ3) is 4.61. The topological polar surface area (TPSA) is 53.9 Å². The van der Waals surface area contributed by atoms with Crippen molar-refractivity contribution < 1.29 is 0 Å². The molecule has 7 aromatic rings. The first kappa shape index (κ1) is 24.4. The molecule has 0 saturated heterocycles. The normalized spacial score (nSPS) is 10.9. The molecule has 0 aliphatic rings. The lowest BCUT2D eigenvalue weighted by atomic mass is 9.97. The highest BCUT2D eigenvalue weighted by Gasteiger charge is 2.11. The first-order valence-corrected chi connectivity index (χ1v) is 13.9. The molecule has 3 aromatic heterocycles. The number of thiophene rings is 1. The van der Waals surface area contributed by atoms with Gasteiger partial charge in [-0.25, -0.2) is 4.85 Å². The standard InChI is InChI=1S/C36H20N4S/c1-38-30-13-15-40-34(21-30)29-7-3-5-25(18-29)27-9-11-36-32(20-27)31-19-26(8-10-35(31)41-36)24-4-2-6-28(17-24)33-16-23(22-37)12-14-39-33/h2-21H. The number of fused-ring (bicyclic) bond motifs is 3. The number of rotatable bonds is 4. The lowest BCUT2D eigenvalue weighted by Crippen LogP contribution is -1.86. The number of nitrogens with zero attached hydrogens (tertiary/aromatic N) is 4. The second kappa shape index (κ2) is 10.2. The monoisotopic (exact) mass is 540 g/mol. The Morgan fingerprint density at radius 1 is 0.585 bits per heavy atom. The van der Waals surface area contributed by atoms with Crippen molar-refractivity contribution in [3.63, 3.8) is 0 Å². The summed E-state index contributed by atoms with van der Waals surface area (Å²) in [5.41, 5.74) is 9.21. The molecule has 190 valence electrons. The molecule has 3 heterocycles. The van der Waals surface area contributed by atoms with Gasteiger partial charge in [-0.05, 0) is 88.5 Å². The molecule has 0 saturated carbocycles. The van der Waals surface area contributed by atoms with Gasteiger partial charge in [0.2, 0.25) is 0 Å². The molecule has 0 aliphatic heterocycles. The fourth-order valence-corrected chi connectivity index (χ4v) is 6.22. The van der Waals surface area contributed by atoms with Crippen LogP contribution in [-0.4, -0.2) is 9.97 Å². The quantitative estimate of drug-likeness (QED) is 0.209. The SMILES string of the molecule is [C-]#[N+]c1ccnc(-c2cccc(-c3ccc4sc5ccc(-c6cccc(-c7cc(C#N)ccn7)c6)cc5c4c3)c2)c1. The molecule has 0 spiro atoms. The van der Waals surface area contributed by atoms with Gasteiger partial charge in [0.1, 0.15) is 0 Å². The van der Waals surface area contributed by atoms with Gasteiger partial charge in [-0.2, -0.15) is 5.26 Å². The van der Waals surface area contributed by atoms with E-state index in [9.17, 15) is 5.26 Å². The van der Waals surface area contributed by atoms with E-state index < -0.39 is 0 Å². The molecule has 0 bridgehead atoms. The van der Waals surface area contributed by atoms with Gasteiger partial charge < -0.3 is 0 Å². The van der Waals surface area contributed by atoms with Crippen LogP contribution in [0.1, 0.15) is 5.56 Å². The Morgan fingerprint density at radius 2 is 1.12 bits per heavy atom. The van der Waals surface area contributed by atoms with E-state index in [0.29, 0.717) is 11.3 Å². The third-order valence-electron chi connectivity index (χ3n) is 7.21. The van der Waals surface area contributed by atoms with Crippen molar-refractivity contribution in [1.82, 2.24) is 9.97 Å². The van der Waals surface area contributed by atoms with Crippen LogP contribution in [0.3, 0.4) is 0 Å². The maximum absolute atomic E-state index is 9.30. The maximum atomic E-state index is 9.30. The average molecular weight is 541 g/mol. The largest absolute Gasteiger partial charge is 0.259 e. The fraction of sp³-hybridized carbons (Fsp3) is 0.